The number of carbonyl (C=O) groups excluding carboxylic acids is 2. The molecule has 1 atom stereocenters. The van der Waals surface area contributed by atoms with E-state index in [9.17, 15) is 9.59 Å². The van der Waals surface area contributed by atoms with Gasteiger partial charge in [-0.25, -0.2) is 0 Å². The lowest BCUT2D eigenvalue weighted by atomic mass is 10.1. The molecule has 0 aromatic heterocycles. The van der Waals surface area contributed by atoms with Gasteiger partial charge in [-0.05, 0) is 35.4 Å². The Labute approximate surface area is 288 Å². The number of nitrogens with zero attached hydrogens (tertiary/aromatic N) is 3. The number of carbonyl (C=O) groups is 2. The molecule has 264 valence electrons. The first-order chi connectivity index (χ1) is 23.8. The number of hydrogen-bond acceptors (Lipinski definition) is 10. The summed E-state index contributed by atoms with van der Waals surface area (Å²) >= 11 is 0. The predicted molar refractivity (Wildman–Crippen MR) is 188 cm³/mol. The van der Waals surface area contributed by atoms with E-state index in [1.165, 1.54) is 0 Å². The highest BCUT2D eigenvalue weighted by Crippen LogP contribution is 2.39. The Kier molecular flexibility index (Phi) is 14.0. The average Bonchev–Trinajstić information content (AvgIpc) is 3.14. The van der Waals surface area contributed by atoms with Crippen molar-refractivity contribution in [1.29, 1.82) is 0 Å². The summed E-state index contributed by atoms with van der Waals surface area (Å²) in [4.78, 5) is 32.6. The highest BCUT2D eigenvalue weighted by Gasteiger charge is 2.32. The van der Waals surface area contributed by atoms with Gasteiger partial charge in [0.1, 0.15) is 0 Å². The van der Waals surface area contributed by atoms with Gasteiger partial charge in [-0.15, -0.1) is 0 Å². The zero-order valence-corrected chi connectivity index (χ0v) is 29.2. The Hall–Kier alpha value is -4.94. The minimum absolute atomic E-state index is 0.108. The van der Waals surface area contributed by atoms with Crippen LogP contribution in [0.4, 0.5) is 0 Å². The van der Waals surface area contributed by atoms with E-state index < -0.39 is 0 Å². The summed E-state index contributed by atoms with van der Waals surface area (Å²) in [5.41, 5.74) is 1.66. The summed E-state index contributed by atoms with van der Waals surface area (Å²) in [5, 5.41) is 0. The van der Waals surface area contributed by atoms with Crippen LogP contribution in [0.1, 0.15) is 11.1 Å². The van der Waals surface area contributed by atoms with Gasteiger partial charge in [0.05, 0.1) is 61.9 Å². The van der Waals surface area contributed by atoms with Crippen LogP contribution < -0.4 is 28.4 Å². The fourth-order valence-corrected chi connectivity index (χ4v) is 5.79. The minimum atomic E-state index is -0.171. The summed E-state index contributed by atoms with van der Waals surface area (Å²) in [7, 11) is 9.38. The van der Waals surface area contributed by atoms with Crippen molar-refractivity contribution < 1.29 is 42.7 Å². The number of piperazine rings is 1. The van der Waals surface area contributed by atoms with Crippen LogP contribution in [0.25, 0.3) is 12.2 Å². The predicted octanol–water partition coefficient (Wildman–Crippen LogP) is 3.95. The molecule has 0 saturated carbocycles. The number of methoxy groups -OCH3 is 6. The monoisotopic (exact) mass is 677 g/mol. The van der Waals surface area contributed by atoms with Gasteiger partial charge >= 0.3 is 0 Å². The van der Waals surface area contributed by atoms with Crippen molar-refractivity contribution in [2.24, 2.45) is 0 Å². The molecule has 4 rings (SSSR count). The second kappa shape index (κ2) is 18.6. The molecule has 2 heterocycles. The first-order valence-corrected chi connectivity index (χ1v) is 16.0. The van der Waals surface area contributed by atoms with Gasteiger partial charge in [0, 0.05) is 51.4 Å². The number of allylic oxidation sites excluding steroid dienone is 4. The molecular formula is C37H47N3O9. The van der Waals surface area contributed by atoms with E-state index in [2.05, 4.69) is 4.90 Å². The summed E-state index contributed by atoms with van der Waals surface area (Å²) in [6, 6.07) is 7.16. The zero-order chi connectivity index (χ0) is 35.2. The maximum atomic E-state index is 13.5. The number of benzene rings is 2. The normalized spacial score (nSPS) is 17.3. The quantitative estimate of drug-likeness (QED) is 0.216. The van der Waals surface area contributed by atoms with E-state index in [1.807, 2.05) is 41.3 Å². The summed E-state index contributed by atoms with van der Waals surface area (Å²) in [6.07, 6.45) is 13.8. The Morgan fingerprint density at radius 1 is 0.653 bits per heavy atom. The summed E-state index contributed by atoms with van der Waals surface area (Å²) in [5.74, 6) is 2.99. The van der Waals surface area contributed by atoms with Crippen LogP contribution in [0.3, 0.4) is 0 Å². The Morgan fingerprint density at radius 2 is 1.12 bits per heavy atom. The number of amides is 2. The molecule has 2 amide bonds. The van der Waals surface area contributed by atoms with Crippen molar-refractivity contribution >= 4 is 24.0 Å². The second-order valence-electron chi connectivity index (χ2n) is 11.2. The van der Waals surface area contributed by atoms with Crippen LogP contribution in [-0.2, 0) is 14.3 Å². The van der Waals surface area contributed by atoms with Gasteiger partial charge < -0.3 is 43.0 Å². The SMILES string of the molecule is COc1cc(C=CC=CC(=O)N2CCN(C(=O)C=CC=Cc3cc(OC)c(OC)c(OC)c3)C(CN3CCOCC3)C2)cc(OC)c1OC. The molecule has 0 radical (unpaired) electrons. The van der Waals surface area contributed by atoms with Crippen molar-refractivity contribution in [2.75, 3.05) is 95.1 Å². The molecule has 0 bridgehead atoms. The first kappa shape index (κ1) is 36.9. The molecule has 1 unspecified atom stereocenters. The molecule has 0 spiro atoms. The molecule has 2 aliphatic rings. The average molecular weight is 678 g/mol. The van der Waals surface area contributed by atoms with Gasteiger partial charge in [0.15, 0.2) is 23.0 Å². The highest BCUT2D eigenvalue weighted by atomic mass is 16.5. The molecule has 2 aliphatic heterocycles. The van der Waals surface area contributed by atoms with E-state index in [4.69, 9.17) is 33.2 Å². The van der Waals surface area contributed by atoms with Gasteiger partial charge in [-0.3, -0.25) is 14.5 Å². The number of rotatable bonds is 14. The van der Waals surface area contributed by atoms with E-state index in [-0.39, 0.29) is 17.9 Å². The molecule has 2 aromatic carbocycles. The molecule has 12 nitrogen and oxygen atoms in total. The van der Waals surface area contributed by atoms with E-state index in [0.29, 0.717) is 73.9 Å². The van der Waals surface area contributed by atoms with Crippen molar-refractivity contribution in [3.05, 3.63) is 71.8 Å². The van der Waals surface area contributed by atoms with Crippen molar-refractivity contribution in [3.63, 3.8) is 0 Å². The summed E-state index contributed by atoms with van der Waals surface area (Å²) < 4.78 is 38.0. The highest BCUT2D eigenvalue weighted by molar-refractivity contribution is 5.90. The largest absolute Gasteiger partial charge is 0.493 e. The van der Waals surface area contributed by atoms with Crippen LogP contribution in [0.2, 0.25) is 0 Å². The molecule has 0 N–H and O–H groups in total. The maximum Gasteiger partial charge on any atom is 0.246 e. The maximum absolute atomic E-state index is 13.5. The number of hydrogen-bond donors (Lipinski definition) is 0. The smallest absolute Gasteiger partial charge is 0.246 e. The van der Waals surface area contributed by atoms with Gasteiger partial charge in [0.2, 0.25) is 23.3 Å². The third kappa shape index (κ3) is 9.80. The van der Waals surface area contributed by atoms with E-state index >= 15 is 0 Å². The fraction of sp³-hybridized carbons (Fsp3) is 0.405. The topological polar surface area (TPSA) is 108 Å². The molecule has 2 saturated heterocycles. The zero-order valence-electron chi connectivity index (χ0n) is 29.2. The summed E-state index contributed by atoms with van der Waals surface area (Å²) in [6.45, 7) is 4.80. The lowest BCUT2D eigenvalue weighted by Gasteiger charge is -2.43. The van der Waals surface area contributed by atoms with Crippen molar-refractivity contribution in [2.45, 2.75) is 6.04 Å². The van der Waals surface area contributed by atoms with Crippen LogP contribution >= 0.6 is 0 Å². The lowest BCUT2D eigenvalue weighted by molar-refractivity contribution is -0.138. The van der Waals surface area contributed by atoms with Gasteiger partial charge in [-0.2, -0.15) is 0 Å². The van der Waals surface area contributed by atoms with Crippen LogP contribution in [-0.4, -0.2) is 128 Å². The molecule has 2 fully saturated rings. The van der Waals surface area contributed by atoms with Crippen LogP contribution in [0.15, 0.2) is 60.7 Å². The molecule has 2 aromatic rings. The second-order valence-corrected chi connectivity index (χ2v) is 11.2. The Balaban J connectivity index is 1.42. The Bertz CT molecular complexity index is 1500. The van der Waals surface area contributed by atoms with Crippen molar-refractivity contribution in [1.82, 2.24) is 14.7 Å². The lowest BCUT2D eigenvalue weighted by Crippen LogP contribution is -2.60. The van der Waals surface area contributed by atoms with Gasteiger partial charge in [0.25, 0.3) is 0 Å². The molecule has 12 heteroatoms. The van der Waals surface area contributed by atoms with E-state index in [1.54, 1.807) is 84.0 Å². The first-order valence-electron chi connectivity index (χ1n) is 16.0. The minimum Gasteiger partial charge on any atom is -0.493 e. The van der Waals surface area contributed by atoms with Crippen LogP contribution in [0, 0.1) is 0 Å². The third-order valence-electron chi connectivity index (χ3n) is 8.30. The third-order valence-corrected chi connectivity index (χ3v) is 8.30. The molecule has 0 aliphatic carbocycles. The number of ether oxygens (including phenoxy) is 7. The van der Waals surface area contributed by atoms with Crippen molar-refractivity contribution in [3.8, 4) is 34.5 Å². The molecule has 49 heavy (non-hydrogen) atoms. The number of morpholine rings is 1. The van der Waals surface area contributed by atoms with Gasteiger partial charge in [-0.1, -0.05) is 36.5 Å². The molecular weight excluding hydrogens is 630 g/mol. The fourth-order valence-electron chi connectivity index (χ4n) is 5.79. The Morgan fingerprint density at radius 3 is 1.57 bits per heavy atom. The van der Waals surface area contributed by atoms with E-state index in [0.717, 1.165) is 24.2 Å². The van der Waals surface area contributed by atoms with Crippen LogP contribution in [0.5, 0.6) is 34.5 Å². The standard InChI is InChI=1S/C37H47N3O9/c1-43-30-21-27(22-31(44-2)36(30)47-5)11-7-9-13-34(41)39-15-16-40(29(26-39)25-38-17-19-49-20-18-38)35(42)14-10-8-12-28-23-32(45-3)37(48-6)33(24-28)46-4/h7-14,21-24,29H,15-20,25-26H2,1-6H3.